The maximum atomic E-state index is 12.4. The predicted molar refractivity (Wildman–Crippen MR) is 117 cm³/mol. The van der Waals surface area contributed by atoms with E-state index in [1.54, 1.807) is 36.7 Å². The van der Waals surface area contributed by atoms with Crippen molar-refractivity contribution in [3.8, 4) is 0 Å². The molecule has 1 saturated carbocycles. The van der Waals surface area contributed by atoms with Crippen molar-refractivity contribution in [1.29, 1.82) is 0 Å². The number of aromatic nitrogens is 2. The Morgan fingerprint density at radius 2 is 1.53 bits per heavy atom. The number of rotatable bonds is 5. The molecule has 1 fully saturated rings. The van der Waals surface area contributed by atoms with Crippen LogP contribution in [0.1, 0.15) is 40.0 Å². The average Bonchev–Trinajstić information content (AvgIpc) is 2.66. The second kappa shape index (κ2) is 9.11. The number of nitrogens with zero attached hydrogens (tertiary/aromatic N) is 2. The molecule has 3 rings (SSSR count). The van der Waals surface area contributed by atoms with Gasteiger partial charge in [0.2, 0.25) is 0 Å². The van der Waals surface area contributed by atoms with Crippen LogP contribution in [0.15, 0.2) is 48.8 Å². The summed E-state index contributed by atoms with van der Waals surface area (Å²) in [6.45, 7) is 7.06. The Hall–Kier alpha value is -3.16. The Labute approximate surface area is 177 Å². The first-order chi connectivity index (χ1) is 14.2. The monoisotopic (exact) mass is 410 g/mol. The molecule has 4 N–H and O–H groups in total. The summed E-state index contributed by atoms with van der Waals surface area (Å²) in [6.07, 6.45) is 5.86. The molecule has 30 heavy (non-hydrogen) atoms. The van der Waals surface area contributed by atoms with Crippen molar-refractivity contribution >= 4 is 23.7 Å². The molecule has 0 unspecified atom stereocenters. The summed E-state index contributed by atoms with van der Waals surface area (Å²) in [7, 11) is 0. The van der Waals surface area contributed by atoms with E-state index in [0.717, 1.165) is 19.3 Å². The lowest BCUT2D eigenvalue weighted by atomic mass is 9.62. The maximum absolute atomic E-state index is 12.4. The summed E-state index contributed by atoms with van der Waals surface area (Å²) in [5.74, 6) is 1.02. The van der Waals surface area contributed by atoms with E-state index < -0.39 is 0 Å². The molecule has 1 aliphatic carbocycles. The fourth-order valence-corrected chi connectivity index (χ4v) is 4.54. The molecule has 0 aromatic carbocycles. The highest BCUT2D eigenvalue weighted by atomic mass is 16.2. The second-order valence-corrected chi connectivity index (χ2v) is 9.09. The number of pyridine rings is 2. The minimum absolute atomic E-state index is 0.00288. The highest BCUT2D eigenvalue weighted by Crippen LogP contribution is 2.45. The molecule has 4 amide bonds. The molecule has 0 saturated heterocycles. The molecule has 2 aromatic heterocycles. The quantitative estimate of drug-likeness (QED) is 0.597. The smallest absolute Gasteiger partial charge is 0.320 e. The van der Waals surface area contributed by atoms with E-state index in [9.17, 15) is 9.59 Å². The first-order valence-corrected chi connectivity index (χ1v) is 10.2. The number of amides is 4. The average molecular weight is 411 g/mol. The molecular weight excluding hydrogens is 380 g/mol. The van der Waals surface area contributed by atoms with Crippen LogP contribution < -0.4 is 21.3 Å². The zero-order chi connectivity index (χ0) is 21.6. The molecule has 160 valence electrons. The normalized spacial score (nSPS) is 22.6. The molecule has 0 spiro atoms. The molecule has 2 aromatic rings. The van der Waals surface area contributed by atoms with Crippen molar-refractivity contribution in [1.82, 2.24) is 20.6 Å². The molecule has 2 heterocycles. The number of anilines is 2. The number of nitrogens with one attached hydrogen (secondary N) is 4. The Balaban J connectivity index is 1.56. The summed E-state index contributed by atoms with van der Waals surface area (Å²) >= 11 is 0. The van der Waals surface area contributed by atoms with E-state index in [-0.39, 0.29) is 28.9 Å². The predicted octanol–water partition coefficient (Wildman–Crippen LogP) is 4.00. The fraction of sp³-hybridized carbons (Fsp3) is 0.455. The number of carbonyl (C=O) groups is 2. The molecule has 0 bridgehead atoms. The molecule has 0 radical (unpaired) electrons. The number of urea groups is 2. The van der Waals surface area contributed by atoms with Crippen LogP contribution in [0.25, 0.3) is 0 Å². The van der Waals surface area contributed by atoms with Crippen molar-refractivity contribution in [2.24, 2.45) is 10.8 Å². The third-order valence-electron chi connectivity index (χ3n) is 5.27. The summed E-state index contributed by atoms with van der Waals surface area (Å²) in [4.78, 5) is 32.9. The highest BCUT2D eigenvalue weighted by molar-refractivity contribution is 5.88. The zero-order valence-corrected chi connectivity index (χ0v) is 17.7. The van der Waals surface area contributed by atoms with Crippen LogP contribution in [-0.4, -0.2) is 34.6 Å². The van der Waals surface area contributed by atoms with Crippen molar-refractivity contribution in [2.45, 2.75) is 46.1 Å². The van der Waals surface area contributed by atoms with Gasteiger partial charge in [0.05, 0.1) is 0 Å². The molecule has 8 heteroatoms. The van der Waals surface area contributed by atoms with Gasteiger partial charge in [0.25, 0.3) is 0 Å². The van der Waals surface area contributed by atoms with Gasteiger partial charge in [-0.1, -0.05) is 32.9 Å². The van der Waals surface area contributed by atoms with Gasteiger partial charge in [0.1, 0.15) is 11.6 Å². The number of hydrogen-bond donors (Lipinski definition) is 4. The van der Waals surface area contributed by atoms with Gasteiger partial charge >= 0.3 is 12.1 Å². The second-order valence-electron chi connectivity index (χ2n) is 9.09. The van der Waals surface area contributed by atoms with E-state index >= 15 is 0 Å². The van der Waals surface area contributed by atoms with Crippen LogP contribution in [0.3, 0.4) is 0 Å². The van der Waals surface area contributed by atoms with Crippen molar-refractivity contribution in [3.05, 3.63) is 48.8 Å². The van der Waals surface area contributed by atoms with Gasteiger partial charge in [-0.25, -0.2) is 19.6 Å². The third kappa shape index (κ3) is 6.43. The van der Waals surface area contributed by atoms with Crippen LogP contribution in [0.2, 0.25) is 0 Å². The van der Waals surface area contributed by atoms with E-state index in [1.165, 1.54) is 0 Å². The van der Waals surface area contributed by atoms with E-state index in [0.29, 0.717) is 18.2 Å². The highest BCUT2D eigenvalue weighted by Gasteiger charge is 2.41. The number of hydrogen-bond acceptors (Lipinski definition) is 4. The van der Waals surface area contributed by atoms with Gasteiger partial charge < -0.3 is 10.6 Å². The first kappa shape index (κ1) is 21.5. The van der Waals surface area contributed by atoms with E-state index in [2.05, 4.69) is 52.0 Å². The Morgan fingerprint density at radius 3 is 2.10 bits per heavy atom. The zero-order valence-electron chi connectivity index (χ0n) is 17.7. The largest absolute Gasteiger partial charge is 0.337 e. The first-order valence-electron chi connectivity index (χ1n) is 10.2. The Bertz CT molecular complexity index is 858. The Kier molecular flexibility index (Phi) is 6.54. The maximum Gasteiger partial charge on any atom is 0.320 e. The standard InChI is InChI=1S/C22H30N6O2/c1-21(2)12-16(26-20(30)28-18-9-5-7-11-24-18)13-22(3,14-21)15-25-19(29)27-17-8-4-6-10-23-17/h4-11,16H,12-15H2,1-3H3,(H2,23,25,27,29)(H2,24,26,28,30)/t16-,22+/m0/s1. The molecular formula is C22H30N6O2. The van der Waals surface area contributed by atoms with E-state index in [4.69, 9.17) is 0 Å². The van der Waals surface area contributed by atoms with Crippen molar-refractivity contribution in [3.63, 3.8) is 0 Å². The molecule has 1 aliphatic rings. The number of carbonyl (C=O) groups excluding carboxylic acids is 2. The lowest BCUT2D eigenvalue weighted by Crippen LogP contribution is -2.51. The topological polar surface area (TPSA) is 108 Å². The van der Waals surface area contributed by atoms with Crippen LogP contribution in [-0.2, 0) is 0 Å². The summed E-state index contributed by atoms with van der Waals surface area (Å²) < 4.78 is 0. The summed E-state index contributed by atoms with van der Waals surface area (Å²) in [5, 5.41) is 11.6. The van der Waals surface area contributed by atoms with Crippen LogP contribution in [0.4, 0.5) is 21.2 Å². The molecule has 0 aliphatic heterocycles. The van der Waals surface area contributed by atoms with Gasteiger partial charge in [-0.05, 0) is 54.4 Å². The lowest BCUT2D eigenvalue weighted by Gasteiger charge is -2.46. The van der Waals surface area contributed by atoms with Gasteiger partial charge in [-0.3, -0.25) is 10.6 Å². The minimum Gasteiger partial charge on any atom is -0.337 e. The van der Waals surface area contributed by atoms with Crippen molar-refractivity contribution in [2.75, 3.05) is 17.2 Å². The molecule has 2 atom stereocenters. The SMILES string of the molecule is CC1(C)C[C@H](NC(=O)Nc2ccccn2)C[C@@](C)(CNC(=O)Nc2ccccn2)C1. The van der Waals surface area contributed by atoms with Crippen LogP contribution in [0, 0.1) is 10.8 Å². The minimum atomic E-state index is -0.282. The third-order valence-corrected chi connectivity index (χ3v) is 5.27. The van der Waals surface area contributed by atoms with Gasteiger partial charge in [-0.15, -0.1) is 0 Å². The van der Waals surface area contributed by atoms with E-state index in [1.807, 2.05) is 12.1 Å². The van der Waals surface area contributed by atoms with Crippen molar-refractivity contribution < 1.29 is 9.59 Å². The summed E-state index contributed by atoms with van der Waals surface area (Å²) in [6, 6.07) is 10.2. The van der Waals surface area contributed by atoms with Gasteiger partial charge in [0.15, 0.2) is 0 Å². The van der Waals surface area contributed by atoms with Gasteiger partial charge in [-0.2, -0.15) is 0 Å². The Morgan fingerprint density at radius 1 is 0.933 bits per heavy atom. The van der Waals surface area contributed by atoms with Crippen LogP contribution >= 0.6 is 0 Å². The van der Waals surface area contributed by atoms with Crippen LogP contribution in [0.5, 0.6) is 0 Å². The van der Waals surface area contributed by atoms with Gasteiger partial charge in [0, 0.05) is 25.0 Å². The lowest BCUT2D eigenvalue weighted by molar-refractivity contribution is 0.0761. The summed E-state index contributed by atoms with van der Waals surface area (Å²) in [5.41, 5.74) is -0.110. The molecule has 8 nitrogen and oxygen atoms in total. The fourth-order valence-electron chi connectivity index (χ4n) is 4.54.